The van der Waals surface area contributed by atoms with Gasteiger partial charge in [-0.15, -0.1) is 0 Å². The molecule has 90 valence electrons. The first-order valence-electron chi connectivity index (χ1n) is 5.31. The van der Waals surface area contributed by atoms with Crippen molar-refractivity contribution in [3.8, 4) is 6.07 Å². The fraction of sp³-hybridized carbons (Fsp3) is 0.417. The average Bonchev–Trinajstić information content (AvgIpc) is 2.35. The molecule has 0 aliphatic heterocycles. The zero-order chi connectivity index (χ0) is 12.8. The molecular weight excluding hydrogens is 216 g/mol. The van der Waals surface area contributed by atoms with Crippen LogP contribution in [0.4, 0.5) is 0 Å². The molecule has 0 spiro atoms. The topological polar surface area (TPSA) is 60.2 Å². The summed E-state index contributed by atoms with van der Waals surface area (Å²) in [7, 11) is 5.66. The molecule has 1 rings (SSSR count). The third-order valence-electron chi connectivity index (χ3n) is 2.34. The van der Waals surface area contributed by atoms with Crippen LogP contribution in [0.3, 0.4) is 0 Å². The Labute approximate surface area is 101 Å². The minimum absolute atomic E-state index is 0.128. The highest BCUT2D eigenvalue weighted by Gasteiger charge is 2.12. The van der Waals surface area contributed by atoms with Crippen molar-refractivity contribution in [2.45, 2.75) is 0 Å². The maximum atomic E-state index is 11.9. The first-order chi connectivity index (χ1) is 8.04. The van der Waals surface area contributed by atoms with Gasteiger partial charge in [0.15, 0.2) is 0 Å². The number of aromatic nitrogens is 1. The molecule has 1 aromatic rings. The van der Waals surface area contributed by atoms with Crippen molar-refractivity contribution >= 4 is 5.91 Å². The molecule has 5 heteroatoms. The molecule has 0 N–H and O–H groups in total. The van der Waals surface area contributed by atoms with E-state index in [1.54, 1.807) is 24.1 Å². The van der Waals surface area contributed by atoms with Crippen molar-refractivity contribution in [1.29, 1.82) is 5.26 Å². The lowest BCUT2D eigenvalue weighted by Crippen LogP contribution is -2.33. The first-order valence-corrected chi connectivity index (χ1v) is 5.31. The highest BCUT2D eigenvalue weighted by atomic mass is 16.2. The van der Waals surface area contributed by atoms with Gasteiger partial charge in [0.2, 0.25) is 0 Å². The zero-order valence-corrected chi connectivity index (χ0v) is 10.3. The number of likely N-dealkylation sites (N-methyl/N-ethyl adjacent to an activating group) is 2. The van der Waals surface area contributed by atoms with Crippen LogP contribution in [0.1, 0.15) is 16.1 Å². The molecule has 5 nitrogen and oxygen atoms in total. The Hall–Kier alpha value is -1.93. The Balaban J connectivity index is 2.65. The van der Waals surface area contributed by atoms with Gasteiger partial charge in [-0.3, -0.25) is 4.79 Å². The molecule has 0 bridgehead atoms. The molecule has 0 unspecified atom stereocenters. The summed E-state index contributed by atoms with van der Waals surface area (Å²) in [4.78, 5) is 19.5. The van der Waals surface area contributed by atoms with E-state index in [9.17, 15) is 4.79 Å². The number of rotatable bonds is 4. The summed E-state index contributed by atoms with van der Waals surface area (Å²) in [5.41, 5.74) is 0.822. The third-order valence-corrected chi connectivity index (χ3v) is 2.34. The van der Waals surface area contributed by atoms with E-state index in [0.29, 0.717) is 17.8 Å². The second-order valence-corrected chi connectivity index (χ2v) is 4.07. The van der Waals surface area contributed by atoms with Crippen molar-refractivity contribution in [2.24, 2.45) is 0 Å². The van der Waals surface area contributed by atoms with Gasteiger partial charge in [0.05, 0.1) is 5.56 Å². The maximum absolute atomic E-state index is 11.9. The van der Waals surface area contributed by atoms with Gasteiger partial charge < -0.3 is 9.80 Å². The number of pyridine rings is 1. The molecule has 0 radical (unpaired) electrons. The second-order valence-electron chi connectivity index (χ2n) is 4.07. The summed E-state index contributed by atoms with van der Waals surface area (Å²) in [6.45, 7) is 1.45. The van der Waals surface area contributed by atoms with E-state index in [-0.39, 0.29) is 5.91 Å². The molecule has 17 heavy (non-hydrogen) atoms. The van der Waals surface area contributed by atoms with E-state index < -0.39 is 0 Å². The van der Waals surface area contributed by atoms with Gasteiger partial charge in [-0.1, -0.05) is 0 Å². The SMILES string of the molecule is CN(C)CCN(C)C(=O)c1ccc(C#N)cn1. The number of hydrogen-bond acceptors (Lipinski definition) is 4. The smallest absolute Gasteiger partial charge is 0.272 e. The quantitative estimate of drug-likeness (QED) is 0.762. The van der Waals surface area contributed by atoms with Crippen LogP contribution in [0.25, 0.3) is 0 Å². The molecule has 0 aromatic carbocycles. The fourth-order valence-electron chi connectivity index (χ4n) is 1.23. The van der Waals surface area contributed by atoms with Crippen LogP contribution in [0, 0.1) is 11.3 Å². The van der Waals surface area contributed by atoms with Crippen LogP contribution in [0.5, 0.6) is 0 Å². The maximum Gasteiger partial charge on any atom is 0.272 e. The Kier molecular flexibility index (Phi) is 4.61. The predicted molar refractivity (Wildman–Crippen MR) is 64.5 cm³/mol. The summed E-state index contributed by atoms with van der Waals surface area (Å²) in [5.74, 6) is -0.128. The highest BCUT2D eigenvalue weighted by molar-refractivity contribution is 5.92. The summed E-state index contributed by atoms with van der Waals surface area (Å²) in [6, 6.07) is 5.14. The average molecular weight is 232 g/mol. The summed E-state index contributed by atoms with van der Waals surface area (Å²) in [5, 5.41) is 8.63. The van der Waals surface area contributed by atoms with Crippen molar-refractivity contribution in [3.05, 3.63) is 29.6 Å². The van der Waals surface area contributed by atoms with Crippen LogP contribution in [0.2, 0.25) is 0 Å². The highest BCUT2D eigenvalue weighted by Crippen LogP contribution is 2.02. The van der Waals surface area contributed by atoms with E-state index in [0.717, 1.165) is 6.54 Å². The lowest BCUT2D eigenvalue weighted by atomic mass is 10.2. The number of amides is 1. The van der Waals surface area contributed by atoms with Gasteiger partial charge in [0.1, 0.15) is 11.8 Å². The Morgan fingerprint density at radius 3 is 2.53 bits per heavy atom. The first kappa shape index (κ1) is 13.1. The number of nitrogens with zero attached hydrogens (tertiary/aromatic N) is 4. The normalized spacial score (nSPS) is 10.1. The van der Waals surface area contributed by atoms with Crippen LogP contribution >= 0.6 is 0 Å². The minimum atomic E-state index is -0.128. The van der Waals surface area contributed by atoms with E-state index in [2.05, 4.69) is 4.98 Å². The van der Waals surface area contributed by atoms with Crippen molar-refractivity contribution in [2.75, 3.05) is 34.2 Å². The third kappa shape index (κ3) is 3.85. The number of carbonyl (C=O) groups is 1. The molecule has 0 atom stereocenters. The minimum Gasteiger partial charge on any atom is -0.339 e. The summed E-state index contributed by atoms with van der Waals surface area (Å²) < 4.78 is 0. The Morgan fingerprint density at radius 2 is 2.06 bits per heavy atom. The molecule has 0 fully saturated rings. The molecule has 0 saturated carbocycles. The molecule has 1 heterocycles. The number of hydrogen-bond donors (Lipinski definition) is 0. The molecule has 0 aliphatic carbocycles. The summed E-state index contributed by atoms with van der Waals surface area (Å²) in [6.07, 6.45) is 1.41. The van der Waals surface area contributed by atoms with Crippen LogP contribution in [-0.4, -0.2) is 54.9 Å². The van der Waals surface area contributed by atoms with E-state index in [1.807, 2.05) is 25.1 Å². The van der Waals surface area contributed by atoms with Gasteiger partial charge in [0.25, 0.3) is 5.91 Å². The van der Waals surface area contributed by atoms with Crippen LogP contribution < -0.4 is 0 Å². The van der Waals surface area contributed by atoms with Crippen LogP contribution in [0.15, 0.2) is 18.3 Å². The van der Waals surface area contributed by atoms with Crippen molar-refractivity contribution in [1.82, 2.24) is 14.8 Å². The van der Waals surface area contributed by atoms with E-state index in [1.165, 1.54) is 6.20 Å². The van der Waals surface area contributed by atoms with Crippen molar-refractivity contribution < 1.29 is 4.79 Å². The number of nitriles is 1. The molecule has 1 aromatic heterocycles. The molecule has 0 aliphatic rings. The van der Waals surface area contributed by atoms with Gasteiger partial charge in [-0.05, 0) is 26.2 Å². The lowest BCUT2D eigenvalue weighted by Gasteiger charge is -2.19. The lowest BCUT2D eigenvalue weighted by molar-refractivity contribution is 0.0780. The zero-order valence-electron chi connectivity index (χ0n) is 10.3. The van der Waals surface area contributed by atoms with Gasteiger partial charge in [-0.25, -0.2) is 4.98 Å². The molecule has 0 saturated heterocycles. The van der Waals surface area contributed by atoms with Gasteiger partial charge in [0, 0.05) is 26.3 Å². The summed E-state index contributed by atoms with van der Waals surface area (Å²) >= 11 is 0. The Bertz CT molecular complexity index is 419. The van der Waals surface area contributed by atoms with Gasteiger partial charge >= 0.3 is 0 Å². The van der Waals surface area contributed by atoms with Gasteiger partial charge in [-0.2, -0.15) is 5.26 Å². The van der Waals surface area contributed by atoms with E-state index in [4.69, 9.17) is 5.26 Å². The largest absolute Gasteiger partial charge is 0.339 e. The monoisotopic (exact) mass is 232 g/mol. The fourth-order valence-corrected chi connectivity index (χ4v) is 1.23. The second kappa shape index (κ2) is 5.97. The molecule has 1 amide bonds. The standard InChI is InChI=1S/C12H16N4O/c1-15(2)6-7-16(3)12(17)11-5-4-10(8-13)9-14-11/h4-5,9H,6-7H2,1-3H3. The van der Waals surface area contributed by atoms with E-state index >= 15 is 0 Å². The molecular formula is C12H16N4O. The van der Waals surface area contributed by atoms with Crippen molar-refractivity contribution in [3.63, 3.8) is 0 Å². The Morgan fingerprint density at radius 1 is 1.35 bits per heavy atom. The van der Waals surface area contributed by atoms with Crippen LogP contribution in [-0.2, 0) is 0 Å². The number of carbonyl (C=O) groups excluding carboxylic acids is 1. The predicted octanol–water partition coefficient (Wildman–Crippen LogP) is 0.587.